The summed E-state index contributed by atoms with van der Waals surface area (Å²) in [6.45, 7) is 4.14. The number of aromatic nitrogens is 3. The number of piperazine rings is 1. The molecule has 1 aromatic carbocycles. The highest BCUT2D eigenvalue weighted by Crippen LogP contribution is 2.29. The number of hydrogen-bond donors (Lipinski definition) is 2. The molecule has 27 heavy (non-hydrogen) atoms. The summed E-state index contributed by atoms with van der Waals surface area (Å²) < 4.78 is 0. The Kier molecular flexibility index (Phi) is 3.73. The zero-order valence-electron chi connectivity index (χ0n) is 14.7. The molecule has 0 radical (unpaired) electrons. The lowest BCUT2D eigenvalue weighted by Gasteiger charge is -2.29. The van der Waals surface area contributed by atoms with E-state index in [0.29, 0.717) is 5.69 Å². The molecular weight excluding hydrogens is 336 g/mol. The van der Waals surface area contributed by atoms with Crippen molar-refractivity contribution in [3.63, 3.8) is 0 Å². The van der Waals surface area contributed by atoms with E-state index < -0.39 is 0 Å². The number of hydrogen-bond acceptors (Lipinski definition) is 5. The van der Waals surface area contributed by atoms with Gasteiger partial charge in [-0.05, 0) is 29.8 Å². The van der Waals surface area contributed by atoms with E-state index in [9.17, 15) is 0 Å². The van der Waals surface area contributed by atoms with Gasteiger partial charge in [0.15, 0.2) is 0 Å². The van der Waals surface area contributed by atoms with E-state index in [1.165, 1.54) is 5.69 Å². The Balaban J connectivity index is 1.54. The van der Waals surface area contributed by atoms with Crippen molar-refractivity contribution in [3.05, 3.63) is 54.5 Å². The first kappa shape index (κ1) is 15.8. The van der Waals surface area contributed by atoms with Crippen LogP contribution in [0.2, 0.25) is 0 Å². The summed E-state index contributed by atoms with van der Waals surface area (Å²) in [5.41, 5.74) is 5.56. The highest BCUT2D eigenvalue weighted by atomic mass is 15.2. The Labute approximate surface area is 156 Å². The number of H-pyrrole nitrogens is 1. The third-order valence-corrected chi connectivity index (χ3v) is 5.13. The molecule has 0 atom stereocenters. The number of aromatic amines is 1. The molecule has 5 rings (SSSR count). The predicted molar refractivity (Wildman–Crippen MR) is 107 cm³/mol. The van der Waals surface area contributed by atoms with Gasteiger partial charge in [0.05, 0.1) is 11.7 Å². The smallest absolute Gasteiger partial charge is 0.141 e. The largest absolute Gasteiger partial charge is 0.369 e. The van der Waals surface area contributed by atoms with Gasteiger partial charge in [0.2, 0.25) is 0 Å². The third kappa shape index (κ3) is 2.78. The minimum absolute atomic E-state index is 0.411. The molecule has 6 heteroatoms. The van der Waals surface area contributed by atoms with Gasteiger partial charge in [-0.15, -0.1) is 0 Å². The van der Waals surface area contributed by atoms with Crippen LogP contribution in [0.5, 0.6) is 0 Å². The van der Waals surface area contributed by atoms with Crippen molar-refractivity contribution in [3.8, 4) is 17.2 Å². The Morgan fingerprint density at radius 2 is 1.74 bits per heavy atom. The van der Waals surface area contributed by atoms with Crippen LogP contribution < -0.4 is 10.2 Å². The van der Waals surface area contributed by atoms with E-state index in [4.69, 9.17) is 5.26 Å². The van der Waals surface area contributed by atoms with Crippen LogP contribution in [0.4, 0.5) is 5.69 Å². The molecular formula is C21H18N6. The molecule has 6 nitrogen and oxygen atoms in total. The number of nitrogens with one attached hydrogen (secondary N) is 2. The number of pyridine rings is 2. The van der Waals surface area contributed by atoms with Crippen molar-refractivity contribution in [2.24, 2.45) is 0 Å². The van der Waals surface area contributed by atoms with Crippen molar-refractivity contribution < 1.29 is 0 Å². The van der Waals surface area contributed by atoms with E-state index in [1.807, 2.05) is 12.3 Å². The second-order valence-electron chi connectivity index (χ2n) is 6.76. The molecule has 2 N–H and O–H groups in total. The molecule has 1 saturated heterocycles. The average Bonchev–Trinajstić information content (AvgIpc) is 3.11. The second kappa shape index (κ2) is 6.38. The summed E-state index contributed by atoms with van der Waals surface area (Å²) in [6.07, 6.45) is 3.58. The first-order valence-electron chi connectivity index (χ1n) is 9.05. The number of nitriles is 1. The lowest BCUT2D eigenvalue weighted by Crippen LogP contribution is -2.43. The monoisotopic (exact) mass is 354 g/mol. The number of fused-ring (bicyclic) bond motifs is 3. The maximum Gasteiger partial charge on any atom is 0.141 e. The zero-order chi connectivity index (χ0) is 18.2. The summed E-state index contributed by atoms with van der Waals surface area (Å²) in [7, 11) is 0. The fraction of sp³-hybridized carbons (Fsp3) is 0.190. The Morgan fingerprint density at radius 1 is 0.926 bits per heavy atom. The Morgan fingerprint density at radius 3 is 2.52 bits per heavy atom. The molecule has 0 amide bonds. The topological polar surface area (TPSA) is 80.6 Å². The quantitative estimate of drug-likeness (QED) is 0.578. The molecule has 4 aromatic rings. The number of rotatable bonds is 2. The minimum Gasteiger partial charge on any atom is -0.369 e. The van der Waals surface area contributed by atoms with Crippen LogP contribution in [0, 0.1) is 11.3 Å². The Hall–Kier alpha value is -3.43. The molecule has 0 spiro atoms. The molecule has 3 aromatic heterocycles. The van der Waals surface area contributed by atoms with Gasteiger partial charge in [-0.3, -0.25) is 0 Å². The first-order chi connectivity index (χ1) is 13.3. The predicted octanol–water partition coefficient (Wildman–Crippen LogP) is 3.06. The van der Waals surface area contributed by atoms with Crippen LogP contribution in [0.15, 0.2) is 48.8 Å². The van der Waals surface area contributed by atoms with E-state index in [1.54, 1.807) is 6.20 Å². The standard InChI is InChI=1S/C21H18N6/c22-11-16-10-18-19-9-15(12-25-21(19)26-20(18)13-24-16)14-1-3-17(4-2-14)27-7-5-23-6-8-27/h1-4,9-10,12-13,23H,5-8H2,(H,25,26). The van der Waals surface area contributed by atoms with E-state index in [-0.39, 0.29) is 0 Å². The fourth-order valence-electron chi connectivity index (χ4n) is 3.68. The maximum absolute atomic E-state index is 9.13. The van der Waals surface area contributed by atoms with Crippen LogP contribution >= 0.6 is 0 Å². The molecule has 132 valence electrons. The minimum atomic E-state index is 0.411. The number of benzene rings is 1. The second-order valence-corrected chi connectivity index (χ2v) is 6.76. The summed E-state index contributed by atoms with van der Waals surface area (Å²) in [4.78, 5) is 14.4. The van der Waals surface area contributed by atoms with E-state index in [2.05, 4.69) is 61.6 Å². The van der Waals surface area contributed by atoms with Crippen molar-refractivity contribution in [2.75, 3.05) is 31.1 Å². The van der Waals surface area contributed by atoms with E-state index >= 15 is 0 Å². The van der Waals surface area contributed by atoms with Gasteiger partial charge < -0.3 is 15.2 Å². The Bertz CT molecular complexity index is 1160. The van der Waals surface area contributed by atoms with Crippen LogP contribution in [0.3, 0.4) is 0 Å². The van der Waals surface area contributed by atoms with Crippen LogP contribution in [0.25, 0.3) is 33.1 Å². The molecule has 1 fully saturated rings. The molecule has 4 heterocycles. The van der Waals surface area contributed by atoms with Crippen LogP contribution in [-0.2, 0) is 0 Å². The molecule has 0 aliphatic carbocycles. The zero-order valence-corrected chi connectivity index (χ0v) is 14.7. The van der Waals surface area contributed by atoms with Gasteiger partial charge in [0, 0.05) is 54.4 Å². The average molecular weight is 354 g/mol. The van der Waals surface area contributed by atoms with E-state index in [0.717, 1.165) is 59.2 Å². The van der Waals surface area contributed by atoms with Gasteiger partial charge >= 0.3 is 0 Å². The summed E-state index contributed by atoms with van der Waals surface area (Å²) in [6, 6.07) is 14.7. The SMILES string of the molecule is N#Cc1cc2c(cn1)[nH]c1ncc(-c3ccc(N4CCNCC4)cc3)cc12. The third-order valence-electron chi connectivity index (χ3n) is 5.13. The van der Waals surface area contributed by atoms with Gasteiger partial charge in [-0.2, -0.15) is 5.26 Å². The normalized spacial score (nSPS) is 14.6. The van der Waals surface area contributed by atoms with Crippen LogP contribution in [0.1, 0.15) is 5.69 Å². The first-order valence-corrected chi connectivity index (χ1v) is 9.05. The van der Waals surface area contributed by atoms with Crippen molar-refractivity contribution in [1.82, 2.24) is 20.3 Å². The van der Waals surface area contributed by atoms with Crippen molar-refractivity contribution in [2.45, 2.75) is 0 Å². The summed E-state index contributed by atoms with van der Waals surface area (Å²) >= 11 is 0. The van der Waals surface area contributed by atoms with Crippen molar-refractivity contribution in [1.29, 1.82) is 5.26 Å². The fourth-order valence-corrected chi connectivity index (χ4v) is 3.68. The van der Waals surface area contributed by atoms with Crippen molar-refractivity contribution >= 4 is 27.6 Å². The highest BCUT2D eigenvalue weighted by molar-refractivity contribution is 6.07. The highest BCUT2D eigenvalue weighted by Gasteiger charge is 2.12. The van der Waals surface area contributed by atoms with Gasteiger partial charge in [-0.25, -0.2) is 9.97 Å². The lowest BCUT2D eigenvalue weighted by molar-refractivity contribution is 0.589. The van der Waals surface area contributed by atoms with Gasteiger partial charge in [0.25, 0.3) is 0 Å². The number of nitrogens with zero attached hydrogens (tertiary/aromatic N) is 4. The molecule has 1 aliphatic heterocycles. The molecule has 0 bridgehead atoms. The number of anilines is 1. The van der Waals surface area contributed by atoms with Crippen LogP contribution in [-0.4, -0.2) is 41.1 Å². The van der Waals surface area contributed by atoms with Gasteiger partial charge in [-0.1, -0.05) is 12.1 Å². The molecule has 0 unspecified atom stereocenters. The maximum atomic E-state index is 9.13. The van der Waals surface area contributed by atoms with Gasteiger partial charge in [0.1, 0.15) is 17.4 Å². The summed E-state index contributed by atoms with van der Waals surface area (Å²) in [5, 5.41) is 14.5. The lowest BCUT2D eigenvalue weighted by atomic mass is 10.0. The summed E-state index contributed by atoms with van der Waals surface area (Å²) in [5.74, 6) is 0. The molecule has 1 aliphatic rings. The molecule has 0 saturated carbocycles.